The lowest BCUT2D eigenvalue weighted by molar-refractivity contribution is 0.0925. The van der Waals surface area contributed by atoms with Crippen LogP contribution in [-0.2, 0) is 6.42 Å². The van der Waals surface area contributed by atoms with Crippen LogP contribution in [0.2, 0.25) is 0 Å². The van der Waals surface area contributed by atoms with E-state index in [0.29, 0.717) is 11.6 Å². The second kappa shape index (κ2) is 6.69. The molecule has 4 nitrogen and oxygen atoms in total. The van der Waals surface area contributed by atoms with E-state index in [-0.39, 0.29) is 11.9 Å². The minimum Gasteiger partial charge on any atom is -0.344 e. The van der Waals surface area contributed by atoms with E-state index in [1.807, 2.05) is 36.4 Å². The molecule has 1 atom stereocenters. The molecule has 0 unspecified atom stereocenters. The van der Waals surface area contributed by atoms with Crippen molar-refractivity contribution in [2.24, 2.45) is 0 Å². The first-order valence-corrected chi connectivity index (χ1v) is 9.83. The van der Waals surface area contributed by atoms with Crippen LogP contribution in [0.15, 0.2) is 60.7 Å². The first kappa shape index (κ1) is 16.3. The van der Waals surface area contributed by atoms with Gasteiger partial charge in [0.2, 0.25) is 0 Å². The van der Waals surface area contributed by atoms with Crippen molar-refractivity contribution in [3.8, 4) is 5.69 Å². The van der Waals surface area contributed by atoms with Gasteiger partial charge in [0.05, 0.1) is 17.4 Å². The Labute approximate surface area is 159 Å². The van der Waals surface area contributed by atoms with Crippen molar-refractivity contribution in [2.45, 2.75) is 44.1 Å². The van der Waals surface area contributed by atoms with Gasteiger partial charge in [-0.1, -0.05) is 42.5 Å². The molecule has 1 aromatic heterocycles. The molecule has 0 aliphatic heterocycles. The van der Waals surface area contributed by atoms with Crippen molar-refractivity contribution in [1.82, 2.24) is 15.1 Å². The smallest absolute Gasteiger partial charge is 0.270 e. The van der Waals surface area contributed by atoms with Crippen molar-refractivity contribution < 1.29 is 4.79 Å². The SMILES string of the molecule is O=C(N[C@@H]1CCCc2ccccc21)c1cc(C2CC2)nn1-c1ccccc1. The van der Waals surface area contributed by atoms with Crippen molar-refractivity contribution >= 4 is 5.91 Å². The number of rotatable bonds is 4. The van der Waals surface area contributed by atoms with E-state index >= 15 is 0 Å². The molecule has 1 amide bonds. The Balaban J connectivity index is 1.47. The number of benzene rings is 2. The quantitative estimate of drug-likeness (QED) is 0.744. The van der Waals surface area contributed by atoms with Crippen LogP contribution in [0.25, 0.3) is 5.69 Å². The van der Waals surface area contributed by atoms with Crippen molar-refractivity contribution in [3.63, 3.8) is 0 Å². The van der Waals surface area contributed by atoms with Crippen LogP contribution in [0.1, 0.15) is 65.0 Å². The summed E-state index contributed by atoms with van der Waals surface area (Å²) in [7, 11) is 0. The third-order valence-corrected chi connectivity index (χ3v) is 5.63. The number of carbonyl (C=O) groups excluding carboxylic acids is 1. The van der Waals surface area contributed by atoms with Crippen molar-refractivity contribution in [2.75, 3.05) is 0 Å². The number of fused-ring (bicyclic) bond motifs is 1. The van der Waals surface area contributed by atoms with Gasteiger partial charge in [-0.3, -0.25) is 4.79 Å². The zero-order valence-electron chi connectivity index (χ0n) is 15.3. The highest BCUT2D eigenvalue weighted by Crippen LogP contribution is 2.40. The van der Waals surface area contributed by atoms with Crippen LogP contribution in [-0.4, -0.2) is 15.7 Å². The summed E-state index contributed by atoms with van der Waals surface area (Å²) in [6, 6.07) is 20.4. The second-order valence-corrected chi connectivity index (χ2v) is 7.59. The Hall–Kier alpha value is -2.88. The molecule has 1 N–H and O–H groups in total. The lowest BCUT2D eigenvalue weighted by atomic mass is 9.87. The number of nitrogens with zero attached hydrogens (tertiary/aromatic N) is 2. The van der Waals surface area contributed by atoms with E-state index in [1.54, 1.807) is 4.68 Å². The average Bonchev–Trinajstić information content (AvgIpc) is 3.47. The summed E-state index contributed by atoms with van der Waals surface area (Å²) >= 11 is 0. The Bertz CT molecular complexity index is 972. The van der Waals surface area contributed by atoms with Gasteiger partial charge in [0.1, 0.15) is 5.69 Å². The van der Waals surface area contributed by atoms with Gasteiger partial charge >= 0.3 is 0 Å². The molecule has 0 bridgehead atoms. The molecule has 3 aromatic rings. The largest absolute Gasteiger partial charge is 0.344 e. The monoisotopic (exact) mass is 357 g/mol. The fraction of sp³-hybridized carbons (Fsp3) is 0.304. The molecular formula is C23H23N3O. The number of hydrogen-bond acceptors (Lipinski definition) is 2. The van der Waals surface area contributed by atoms with E-state index in [2.05, 4.69) is 29.6 Å². The van der Waals surface area contributed by atoms with Crippen LogP contribution < -0.4 is 5.32 Å². The first-order valence-electron chi connectivity index (χ1n) is 9.83. The number of aromatic nitrogens is 2. The molecule has 4 heteroatoms. The molecular weight excluding hydrogens is 334 g/mol. The van der Waals surface area contributed by atoms with Crippen LogP contribution in [0.5, 0.6) is 0 Å². The van der Waals surface area contributed by atoms with E-state index < -0.39 is 0 Å². The summed E-state index contributed by atoms with van der Waals surface area (Å²) in [6.07, 6.45) is 5.52. The fourth-order valence-electron chi connectivity index (χ4n) is 4.04. The van der Waals surface area contributed by atoms with E-state index in [0.717, 1.165) is 30.6 Å². The fourth-order valence-corrected chi connectivity index (χ4v) is 4.04. The molecule has 1 saturated carbocycles. The molecule has 5 rings (SSSR count). The predicted molar refractivity (Wildman–Crippen MR) is 105 cm³/mol. The molecule has 136 valence electrons. The minimum atomic E-state index is -0.0417. The molecule has 2 aliphatic rings. The van der Waals surface area contributed by atoms with Gasteiger partial charge in [-0.25, -0.2) is 4.68 Å². The molecule has 2 aromatic carbocycles. The maximum absolute atomic E-state index is 13.2. The molecule has 0 saturated heterocycles. The summed E-state index contributed by atoms with van der Waals surface area (Å²) in [5.74, 6) is 0.469. The lowest BCUT2D eigenvalue weighted by Gasteiger charge is -2.26. The molecule has 1 heterocycles. The number of amides is 1. The van der Waals surface area contributed by atoms with E-state index in [9.17, 15) is 4.79 Å². The van der Waals surface area contributed by atoms with Gasteiger partial charge in [0.15, 0.2) is 0 Å². The van der Waals surface area contributed by atoms with E-state index in [1.165, 1.54) is 24.0 Å². The summed E-state index contributed by atoms with van der Waals surface area (Å²) in [5, 5.41) is 8.03. The van der Waals surface area contributed by atoms with Gasteiger partial charge in [-0.05, 0) is 61.4 Å². The highest BCUT2D eigenvalue weighted by Gasteiger charge is 2.30. The highest BCUT2D eigenvalue weighted by molar-refractivity contribution is 5.93. The van der Waals surface area contributed by atoms with Crippen molar-refractivity contribution in [3.05, 3.63) is 83.2 Å². The molecule has 0 spiro atoms. The maximum Gasteiger partial charge on any atom is 0.270 e. The van der Waals surface area contributed by atoms with Crippen LogP contribution in [0, 0.1) is 0 Å². The molecule has 27 heavy (non-hydrogen) atoms. The first-order chi connectivity index (χ1) is 13.3. The summed E-state index contributed by atoms with van der Waals surface area (Å²) in [5.41, 5.74) is 5.20. The number of hydrogen-bond donors (Lipinski definition) is 1. The maximum atomic E-state index is 13.2. The average molecular weight is 357 g/mol. The minimum absolute atomic E-state index is 0.0417. The zero-order valence-corrected chi connectivity index (χ0v) is 15.3. The number of carbonyl (C=O) groups is 1. The predicted octanol–water partition coefficient (Wildman–Crippen LogP) is 4.56. The second-order valence-electron chi connectivity index (χ2n) is 7.59. The van der Waals surface area contributed by atoms with Gasteiger partial charge < -0.3 is 5.32 Å². The van der Waals surface area contributed by atoms with Crippen LogP contribution in [0.3, 0.4) is 0 Å². The number of aryl methyl sites for hydroxylation is 1. The summed E-state index contributed by atoms with van der Waals surface area (Å²) in [4.78, 5) is 13.2. The van der Waals surface area contributed by atoms with E-state index in [4.69, 9.17) is 5.10 Å². The van der Waals surface area contributed by atoms with Gasteiger partial charge in [-0.2, -0.15) is 5.10 Å². The summed E-state index contributed by atoms with van der Waals surface area (Å²) < 4.78 is 1.80. The summed E-state index contributed by atoms with van der Waals surface area (Å²) in [6.45, 7) is 0. The number of nitrogens with one attached hydrogen (secondary N) is 1. The highest BCUT2D eigenvalue weighted by atomic mass is 16.2. The van der Waals surface area contributed by atoms with Gasteiger partial charge in [-0.15, -0.1) is 0 Å². The Kier molecular flexibility index (Phi) is 4.04. The molecule has 2 aliphatic carbocycles. The lowest BCUT2D eigenvalue weighted by Crippen LogP contribution is -2.32. The molecule has 1 fully saturated rings. The Morgan fingerprint density at radius 2 is 1.78 bits per heavy atom. The van der Waals surface area contributed by atoms with Gasteiger partial charge in [0.25, 0.3) is 5.91 Å². The third kappa shape index (κ3) is 3.16. The van der Waals surface area contributed by atoms with Crippen LogP contribution >= 0.6 is 0 Å². The van der Waals surface area contributed by atoms with Gasteiger partial charge in [0, 0.05) is 5.92 Å². The van der Waals surface area contributed by atoms with Crippen molar-refractivity contribution in [1.29, 1.82) is 0 Å². The normalized spacial score (nSPS) is 18.7. The third-order valence-electron chi connectivity index (χ3n) is 5.63. The Morgan fingerprint density at radius 3 is 2.59 bits per heavy atom. The zero-order chi connectivity index (χ0) is 18.2. The standard InChI is InChI=1S/C23H23N3O/c27-23(24-20-12-6-8-16-7-4-5-11-19(16)20)22-15-21(17-13-14-17)25-26(22)18-9-2-1-3-10-18/h1-5,7,9-11,15,17,20H,6,8,12-14H2,(H,24,27)/t20-/m1/s1. The topological polar surface area (TPSA) is 46.9 Å². The van der Waals surface area contributed by atoms with Crippen LogP contribution in [0.4, 0.5) is 0 Å². The Morgan fingerprint density at radius 1 is 1.00 bits per heavy atom. The molecule has 0 radical (unpaired) electrons. The number of para-hydroxylation sites is 1.